The maximum absolute atomic E-state index is 15.3. The molecule has 2 rings (SSSR count). The van der Waals surface area contributed by atoms with E-state index in [0.29, 0.717) is 41.1 Å². The van der Waals surface area contributed by atoms with Crippen molar-refractivity contribution in [1.29, 1.82) is 0 Å². The summed E-state index contributed by atoms with van der Waals surface area (Å²) in [5, 5.41) is 2.49. The van der Waals surface area contributed by atoms with Crippen LogP contribution in [0.3, 0.4) is 0 Å². The van der Waals surface area contributed by atoms with E-state index < -0.39 is 24.1 Å². The van der Waals surface area contributed by atoms with Crippen molar-refractivity contribution in [2.45, 2.75) is 85.4 Å². The molecule has 0 radical (unpaired) electrons. The van der Waals surface area contributed by atoms with Gasteiger partial charge in [-0.05, 0) is 39.2 Å². The molecule has 1 aromatic carbocycles. The lowest BCUT2D eigenvalue weighted by molar-refractivity contribution is -0.293. The first-order chi connectivity index (χ1) is 14.9. The molecule has 0 aliphatic heterocycles. The molecular weight excluding hydrogens is 440 g/mol. The summed E-state index contributed by atoms with van der Waals surface area (Å²) in [4.78, 5) is 8.84. The van der Waals surface area contributed by atoms with Crippen LogP contribution in [0.5, 0.6) is 0 Å². The van der Waals surface area contributed by atoms with Gasteiger partial charge in [-0.2, -0.15) is 13.2 Å². The van der Waals surface area contributed by atoms with E-state index in [9.17, 15) is 13.2 Å². The third-order valence-corrected chi connectivity index (χ3v) is 6.38. The van der Waals surface area contributed by atoms with Gasteiger partial charge in [0.2, 0.25) is 5.85 Å². The van der Waals surface area contributed by atoms with Gasteiger partial charge in [-0.1, -0.05) is 45.7 Å². The molecule has 178 valence electrons. The summed E-state index contributed by atoms with van der Waals surface area (Å²) in [6.45, 7) is 9.99. The molecule has 0 saturated heterocycles. The number of halogens is 4. The predicted molar refractivity (Wildman–Crippen MR) is 123 cm³/mol. The summed E-state index contributed by atoms with van der Waals surface area (Å²) in [5.74, 6) is -3.14. The van der Waals surface area contributed by atoms with E-state index in [1.807, 2.05) is 13.8 Å². The lowest BCUT2D eigenvalue weighted by atomic mass is 9.95. The minimum absolute atomic E-state index is 0.171. The molecule has 0 bridgehead atoms. The second-order valence-corrected chi connectivity index (χ2v) is 9.22. The predicted octanol–water partition coefficient (Wildman–Crippen LogP) is 8.75. The first kappa shape index (κ1) is 26.5. The van der Waals surface area contributed by atoms with Gasteiger partial charge < -0.3 is 4.74 Å². The quantitative estimate of drug-likeness (QED) is 0.256. The fraction of sp³-hybridized carbons (Fsp3) is 0.583. The van der Waals surface area contributed by atoms with Gasteiger partial charge in [0.05, 0.1) is 5.69 Å². The Hall–Kier alpha value is -1.80. The molecule has 0 aliphatic carbocycles. The fourth-order valence-electron chi connectivity index (χ4n) is 3.62. The van der Waals surface area contributed by atoms with Crippen molar-refractivity contribution in [3.05, 3.63) is 34.8 Å². The maximum Gasteiger partial charge on any atom is 0.419 e. The Morgan fingerprint density at radius 2 is 1.88 bits per heavy atom. The van der Waals surface area contributed by atoms with Crippen molar-refractivity contribution in [3.8, 4) is 10.6 Å². The monoisotopic (exact) mass is 472 g/mol. The summed E-state index contributed by atoms with van der Waals surface area (Å²) in [5.41, 5.74) is 1.96. The largest absolute Gasteiger partial charge is 0.419 e. The number of hydrogen-bond acceptors (Lipinski definition) is 4. The Labute approximate surface area is 191 Å². The molecule has 1 heterocycles. The van der Waals surface area contributed by atoms with Crippen LogP contribution in [-0.4, -0.2) is 22.7 Å². The molecule has 0 amide bonds. The highest BCUT2D eigenvalue weighted by atomic mass is 32.1. The SMILES string of the molecule is CCC/C(C)=N\c1c(C(OC(C)(F)C(C)CCC)C(F)(F)F)ccc(-c2nccs2)c1C. The number of alkyl halides is 4. The topological polar surface area (TPSA) is 34.5 Å². The second kappa shape index (κ2) is 10.9. The number of rotatable bonds is 10. The molecule has 2 aromatic rings. The van der Waals surface area contributed by atoms with Gasteiger partial charge >= 0.3 is 6.18 Å². The zero-order valence-corrected chi connectivity index (χ0v) is 20.3. The standard InChI is InChI=1S/C24H32F4N2OS/c1-7-9-15(3)23(6,25)31-21(24(26,27)28)19-12-11-18(22-29-13-14-32-22)17(5)20(19)30-16(4)10-8-2/h11-15,21H,7-10H2,1-6H3/b30-16-. The lowest BCUT2D eigenvalue weighted by Gasteiger charge is -2.34. The molecule has 3 nitrogen and oxygen atoms in total. The smallest absolute Gasteiger partial charge is 0.328 e. The number of ether oxygens (including phenoxy) is 1. The zero-order valence-electron chi connectivity index (χ0n) is 19.5. The molecule has 0 N–H and O–H groups in total. The van der Waals surface area contributed by atoms with E-state index in [-0.39, 0.29) is 11.3 Å². The van der Waals surface area contributed by atoms with Gasteiger partial charge in [0, 0.05) is 34.3 Å². The zero-order chi connectivity index (χ0) is 24.1. The van der Waals surface area contributed by atoms with Crippen molar-refractivity contribution in [1.82, 2.24) is 4.98 Å². The van der Waals surface area contributed by atoms with Crippen molar-refractivity contribution in [2.75, 3.05) is 0 Å². The number of benzene rings is 1. The van der Waals surface area contributed by atoms with Crippen LogP contribution in [0.4, 0.5) is 23.2 Å². The van der Waals surface area contributed by atoms with Crippen LogP contribution in [-0.2, 0) is 4.74 Å². The Bertz CT molecular complexity index is 907. The summed E-state index contributed by atoms with van der Waals surface area (Å²) in [6, 6.07) is 2.94. The normalized spacial score (nSPS) is 16.6. The van der Waals surface area contributed by atoms with Crippen LogP contribution in [0.2, 0.25) is 0 Å². The average Bonchev–Trinajstić information content (AvgIpc) is 3.22. The first-order valence-corrected chi connectivity index (χ1v) is 11.8. The summed E-state index contributed by atoms with van der Waals surface area (Å²) >= 11 is 1.39. The number of aromatic nitrogens is 1. The van der Waals surface area contributed by atoms with Gasteiger partial charge in [0.15, 0.2) is 6.10 Å². The number of hydrogen-bond donors (Lipinski definition) is 0. The van der Waals surface area contributed by atoms with Crippen LogP contribution in [0.25, 0.3) is 10.6 Å². The van der Waals surface area contributed by atoms with E-state index in [2.05, 4.69) is 9.98 Å². The lowest BCUT2D eigenvalue weighted by Crippen LogP contribution is -2.37. The van der Waals surface area contributed by atoms with E-state index in [1.54, 1.807) is 38.4 Å². The minimum Gasteiger partial charge on any atom is -0.328 e. The third-order valence-electron chi connectivity index (χ3n) is 5.57. The Morgan fingerprint density at radius 1 is 1.19 bits per heavy atom. The van der Waals surface area contributed by atoms with Crippen LogP contribution >= 0.6 is 11.3 Å². The van der Waals surface area contributed by atoms with E-state index in [0.717, 1.165) is 13.3 Å². The average molecular weight is 473 g/mol. The Morgan fingerprint density at radius 3 is 2.41 bits per heavy atom. The highest BCUT2D eigenvalue weighted by Crippen LogP contribution is 2.47. The molecule has 0 fully saturated rings. The minimum atomic E-state index is -4.81. The highest BCUT2D eigenvalue weighted by molar-refractivity contribution is 7.13. The fourth-order valence-corrected chi connectivity index (χ4v) is 4.34. The molecule has 0 spiro atoms. The molecule has 32 heavy (non-hydrogen) atoms. The first-order valence-electron chi connectivity index (χ1n) is 10.9. The second-order valence-electron chi connectivity index (χ2n) is 8.33. The Kier molecular flexibility index (Phi) is 8.99. The van der Waals surface area contributed by atoms with Gasteiger partial charge in [-0.25, -0.2) is 9.37 Å². The van der Waals surface area contributed by atoms with Crippen LogP contribution in [0.1, 0.15) is 77.5 Å². The van der Waals surface area contributed by atoms with E-state index in [4.69, 9.17) is 4.74 Å². The highest BCUT2D eigenvalue weighted by Gasteiger charge is 2.48. The van der Waals surface area contributed by atoms with Crippen molar-refractivity contribution in [2.24, 2.45) is 10.9 Å². The maximum atomic E-state index is 15.3. The molecule has 3 atom stereocenters. The van der Waals surface area contributed by atoms with Gasteiger partial charge in [0.1, 0.15) is 5.01 Å². The number of nitrogens with zero attached hydrogens (tertiary/aromatic N) is 2. The summed E-state index contributed by atoms with van der Waals surface area (Å²) < 4.78 is 63.1. The summed E-state index contributed by atoms with van der Waals surface area (Å²) in [7, 11) is 0. The molecule has 0 saturated carbocycles. The van der Waals surface area contributed by atoms with E-state index >= 15 is 4.39 Å². The summed E-state index contributed by atoms with van der Waals surface area (Å²) in [6.07, 6.45) is -3.08. The van der Waals surface area contributed by atoms with Crippen LogP contribution < -0.4 is 0 Å². The molecule has 8 heteroatoms. The number of aliphatic imine (C=N–C) groups is 1. The molecule has 3 unspecified atom stereocenters. The van der Waals surface area contributed by atoms with Gasteiger partial charge in [-0.3, -0.25) is 4.99 Å². The van der Waals surface area contributed by atoms with Gasteiger partial charge in [0.25, 0.3) is 0 Å². The van der Waals surface area contributed by atoms with E-state index in [1.165, 1.54) is 17.4 Å². The van der Waals surface area contributed by atoms with Gasteiger partial charge in [-0.15, -0.1) is 11.3 Å². The van der Waals surface area contributed by atoms with Crippen LogP contribution in [0, 0.1) is 12.8 Å². The third kappa shape index (κ3) is 6.38. The Balaban J connectivity index is 2.67. The molecule has 0 aliphatic rings. The molecule has 1 aromatic heterocycles. The van der Waals surface area contributed by atoms with Crippen molar-refractivity contribution in [3.63, 3.8) is 0 Å². The number of thiazole rings is 1. The van der Waals surface area contributed by atoms with Crippen LogP contribution in [0.15, 0.2) is 28.7 Å². The molecular formula is C24H32F4N2OS. The van der Waals surface area contributed by atoms with Crippen molar-refractivity contribution < 1.29 is 22.3 Å². The van der Waals surface area contributed by atoms with Crippen molar-refractivity contribution >= 4 is 22.7 Å².